The highest BCUT2D eigenvalue weighted by Gasteiger charge is 2.33. The molecule has 0 amide bonds. The summed E-state index contributed by atoms with van der Waals surface area (Å²) >= 11 is 3.44. The summed E-state index contributed by atoms with van der Waals surface area (Å²) in [6, 6.07) is 4.07. The van der Waals surface area contributed by atoms with Gasteiger partial charge in [-0.2, -0.15) is 0 Å². The van der Waals surface area contributed by atoms with Crippen molar-refractivity contribution < 1.29 is 0 Å². The van der Waals surface area contributed by atoms with E-state index in [0.717, 1.165) is 33.9 Å². The molecule has 3 nitrogen and oxygen atoms in total. The zero-order valence-electron chi connectivity index (χ0n) is 10.6. The molecule has 1 saturated carbocycles. The summed E-state index contributed by atoms with van der Waals surface area (Å²) < 4.78 is 0.970. The first-order valence-electron chi connectivity index (χ1n) is 6.26. The SMILES string of the molecule is CC1CC1CN(C)c1ccnc2cc(Br)cnc12. The first-order valence-corrected chi connectivity index (χ1v) is 7.06. The van der Waals surface area contributed by atoms with E-state index in [1.807, 2.05) is 18.5 Å². The fourth-order valence-electron chi connectivity index (χ4n) is 2.40. The van der Waals surface area contributed by atoms with Gasteiger partial charge in [-0.3, -0.25) is 9.97 Å². The molecule has 3 rings (SSSR count). The Morgan fingerprint density at radius 3 is 2.94 bits per heavy atom. The van der Waals surface area contributed by atoms with Crippen LogP contribution in [0.4, 0.5) is 5.69 Å². The highest BCUT2D eigenvalue weighted by molar-refractivity contribution is 9.10. The molecule has 1 aliphatic rings. The minimum absolute atomic E-state index is 0.841. The summed E-state index contributed by atoms with van der Waals surface area (Å²) in [7, 11) is 2.14. The first kappa shape index (κ1) is 11.9. The molecule has 0 aromatic carbocycles. The van der Waals surface area contributed by atoms with Crippen LogP contribution in [-0.2, 0) is 0 Å². The van der Waals surface area contributed by atoms with Crippen LogP contribution >= 0.6 is 15.9 Å². The van der Waals surface area contributed by atoms with Gasteiger partial charge in [0.05, 0.1) is 11.2 Å². The van der Waals surface area contributed by atoms with Gasteiger partial charge in [0.2, 0.25) is 0 Å². The van der Waals surface area contributed by atoms with Crippen LogP contribution in [0.15, 0.2) is 29.0 Å². The van der Waals surface area contributed by atoms with Crippen LogP contribution in [0.1, 0.15) is 13.3 Å². The summed E-state index contributed by atoms with van der Waals surface area (Å²) in [4.78, 5) is 11.2. The van der Waals surface area contributed by atoms with Crippen molar-refractivity contribution in [3.63, 3.8) is 0 Å². The van der Waals surface area contributed by atoms with E-state index in [0.29, 0.717) is 0 Å². The maximum atomic E-state index is 4.50. The fraction of sp³-hybridized carbons (Fsp3) is 0.429. The molecule has 2 aromatic heterocycles. The van der Waals surface area contributed by atoms with Gasteiger partial charge >= 0.3 is 0 Å². The molecular weight excluding hydrogens is 290 g/mol. The lowest BCUT2D eigenvalue weighted by Crippen LogP contribution is -2.21. The largest absolute Gasteiger partial charge is 0.372 e. The molecule has 0 N–H and O–H groups in total. The van der Waals surface area contributed by atoms with E-state index < -0.39 is 0 Å². The summed E-state index contributed by atoms with van der Waals surface area (Å²) in [5.74, 6) is 1.72. The molecule has 18 heavy (non-hydrogen) atoms. The van der Waals surface area contributed by atoms with Crippen molar-refractivity contribution in [3.05, 3.63) is 29.0 Å². The van der Waals surface area contributed by atoms with Crippen LogP contribution < -0.4 is 4.90 Å². The van der Waals surface area contributed by atoms with E-state index in [9.17, 15) is 0 Å². The predicted molar refractivity (Wildman–Crippen MR) is 77.8 cm³/mol. The molecule has 2 unspecified atom stereocenters. The lowest BCUT2D eigenvalue weighted by atomic mass is 10.2. The molecule has 0 spiro atoms. The molecule has 0 bridgehead atoms. The van der Waals surface area contributed by atoms with Crippen molar-refractivity contribution in [2.24, 2.45) is 11.8 Å². The molecule has 0 radical (unpaired) electrons. The third-order valence-electron chi connectivity index (χ3n) is 3.72. The second kappa shape index (κ2) is 4.50. The van der Waals surface area contributed by atoms with Crippen molar-refractivity contribution in [2.75, 3.05) is 18.5 Å². The molecule has 0 saturated heterocycles. The third kappa shape index (κ3) is 2.21. The molecule has 1 aliphatic carbocycles. The van der Waals surface area contributed by atoms with Crippen molar-refractivity contribution in [3.8, 4) is 0 Å². The number of halogens is 1. The molecule has 4 heteroatoms. The van der Waals surface area contributed by atoms with Crippen LogP contribution in [0.2, 0.25) is 0 Å². The molecular formula is C14H16BrN3. The smallest absolute Gasteiger partial charge is 0.112 e. The Balaban J connectivity index is 1.95. The summed E-state index contributed by atoms with van der Waals surface area (Å²) in [5.41, 5.74) is 3.10. The normalized spacial score (nSPS) is 22.2. The average Bonchev–Trinajstić information content (AvgIpc) is 3.03. The Kier molecular flexibility index (Phi) is 2.98. The number of nitrogens with zero attached hydrogens (tertiary/aromatic N) is 3. The predicted octanol–water partition coefficient (Wildman–Crippen LogP) is 3.48. The molecule has 2 aromatic rings. The lowest BCUT2D eigenvalue weighted by Gasteiger charge is -2.20. The second-order valence-electron chi connectivity index (χ2n) is 5.20. The summed E-state index contributed by atoms with van der Waals surface area (Å²) in [6.45, 7) is 3.43. The van der Waals surface area contributed by atoms with Gasteiger partial charge < -0.3 is 4.90 Å². The minimum atomic E-state index is 0.841. The fourth-order valence-corrected chi connectivity index (χ4v) is 2.72. The number of aromatic nitrogens is 2. The van der Waals surface area contributed by atoms with Gasteiger partial charge in [-0.25, -0.2) is 0 Å². The van der Waals surface area contributed by atoms with Crippen LogP contribution in [0.3, 0.4) is 0 Å². The lowest BCUT2D eigenvalue weighted by molar-refractivity contribution is 0.726. The van der Waals surface area contributed by atoms with Crippen molar-refractivity contribution in [2.45, 2.75) is 13.3 Å². The van der Waals surface area contributed by atoms with E-state index >= 15 is 0 Å². The number of hydrogen-bond acceptors (Lipinski definition) is 3. The van der Waals surface area contributed by atoms with Gasteiger partial charge in [-0.15, -0.1) is 0 Å². The zero-order chi connectivity index (χ0) is 12.7. The first-order chi connectivity index (χ1) is 8.65. The highest BCUT2D eigenvalue weighted by atomic mass is 79.9. The number of hydrogen-bond donors (Lipinski definition) is 0. The zero-order valence-corrected chi connectivity index (χ0v) is 12.2. The molecule has 2 heterocycles. The van der Waals surface area contributed by atoms with Gasteiger partial charge in [-0.05, 0) is 46.3 Å². The Morgan fingerprint density at radius 1 is 1.44 bits per heavy atom. The third-order valence-corrected chi connectivity index (χ3v) is 4.15. The Bertz CT molecular complexity index is 584. The van der Waals surface area contributed by atoms with Crippen LogP contribution in [0.5, 0.6) is 0 Å². The van der Waals surface area contributed by atoms with Crippen molar-refractivity contribution in [1.82, 2.24) is 9.97 Å². The van der Waals surface area contributed by atoms with Gasteiger partial charge in [0, 0.05) is 30.5 Å². The van der Waals surface area contributed by atoms with Crippen LogP contribution in [0, 0.1) is 11.8 Å². The topological polar surface area (TPSA) is 29.0 Å². The van der Waals surface area contributed by atoms with E-state index in [-0.39, 0.29) is 0 Å². The van der Waals surface area contributed by atoms with Crippen LogP contribution in [0.25, 0.3) is 11.0 Å². The van der Waals surface area contributed by atoms with Crippen LogP contribution in [-0.4, -0.2) is 23.6 Å². The van der Waals surface area contributed by atoms with E-state index in [2.05, 4.69) is 50.8 Å². The number of pyridine rings is 2. The van der Waals surface area contributed by atoms with Gasteiger partial charge in [-0.1, -0.05) is 6.92 Å². The second-order valence-corrected chi connectivity index (χ2v) is 6.12. The van der Waals surface area contributed by atoms with Gasteiger partial charge in [0.1, 0.15) is 5.52 Å². The average molecular weight is 306 g/mol. The monoisotopic (exact) mass is 305 g/mol. The highest BCUT2D eigenvalue weighted by Crippen LogP contribution is 2.39. The minimum Gasteiger partial charge on any atom is -0.372 e. The Hall–Kier alpha value is -1.16. The number of anilines is 1. The summed E-state index contributed by atoms with van der Waals surface area (Å²) in [6.07, 6.45) is 5.05. The maximum Gasteiger partial charge on any atom is 0.112 e. The molecule has 0 aliphatic heterocycles. The van der Waals surface area contributed by atoms with Gasteiger partial charge in [0.15, 0.2) is 0 Å². The van der Waals surface area contributed by atoms with Gasteiger partial charge in [0.25, 0.3) is 0 Å². The standard InChI is InChI=1S/C14H16BrN3/c1-9-5-10(9)8-18(2)13-3-4-16-12-6-11(15)7-17-14(12)13/h3-4,6-7,9-10H,5,8H2,1-2H3. The number of fused-ring (bicyclic) bond motifs is 1. The maximum absolute atomic E-state index is 4.50. The van der Waals surface area contributed by atoms with Crippen molar-refractivity contribution in [1.29, 1.82) is 0 Å². The van der Waals surface area contributed by atoms with E-state index in [1.165, 1.54) is 12.1 Å². The van der Waals surface area contributed by atoms with E-state index in [1.54, 1.807) is 0 Å². The molecule has 1 fully saturated rings. The number of rotatable bonds is 3. The van der Waals surface area contributed by atoms with Crippen molar-refractivity contribution >= 4 is 32.7 Å². The molecule has 2 atom stereocenters. The Labute approximate surface area is 115 Å². The quantitative estimate of drug-likeness (QED) is 0.869. The Morgan fingerprint density at radius 2 is 2.22 bits per heavy atom. The van der Waals surface area contributed by atoms with E-state index in [4.69, 9.17) is 0 Å². The molecule has 94 valence electrons. The summed E-state index contributed by atoms with van der Waals surface area (Å²) in [5, 5.41) is 0.